The summed E-state index contributed by atoms with van der Waals surface area (Å²) in [6.07, 6.45) is 1.27. The fourth-order valence-electron chi connectivity index (χ4n) is 2.45. The van der Waals surface area contributed by atoms with Gasteiger partial charge in [-0.05, 0) is 31.2 Å². The summed E-state index contributed by atoms with van der Waals surface area (Å²) in [5, 5.41) is 0. The van der Waals surface area contributed by atoms with Crippen LogP contribution in [0, 0.1) is 6.92 Å². The minimum Gasteiger partial charge on any atom is -0.335 e. The van der Waals surface area contributed by atoms with Gasteiger partial charge in [-0.3, -0.25) is 0 Å². The number of para-hydroxylation sites is 2. The van der Waals surface area contributed by atoms with E-state index in [0.717, 1.165) is 15.3 Å². The molecule has 1 aromatic heterocycles. The number of aryl methyl sites for hydroxylation is 1. The van der Waals surface area contributed by atoms with Crippen molar-refractivity contribution in [1.29, 1.82) is 0 Å². The van der Waals surface area contributed by atoms with E-state index in [2.05, 4.69) is 4.98 Å². The molecule has 2 aromatic carbocycles. The first-order valence-electron chi connectivity index (χ1n) is 7.16. The van der Waals surface area contributed by atoms with E-state index in [-0.39, 0.29) is 0 Å². The quantitative estimate of drug-likeness (QED) is 0.666. The minimum atomic E-state index is -2.62. The molecule has 3 aromatic rings. The molecule has 6 heteroatoms. The molecule has 0 fully saturated rings. The standard InChI is InChI=1S/C17H16FN3OS/c1-14-17(21(13-19-14)23(18)22)12-20(15-8-4-2-5-9-15)16-10-6-3-7-11-16/h2-11,13H,12H2,1H3. The van der Waals surface area contributed by atoms with Gasteiger partial charge in [0.2, 0.25) is 0 Å². The third-order valence-corrected chi connectivity index (χ3v) is 4.26. The Morgan fingerprint density at radius 2 is 1.57 bits per heavy atom. The summed E-state index contributed by atoms with van der Waals surface area (Å²) in [4.78, 5) is 6.12. The predicted octanol–water partition coefficient (Wildman–Crippen LogP) is 3.93. The molecule has 0 aliphatic heterocycles. The molecule has 1 atom stereocenters. The molecular weight excluding hydrogens is 313 g/mol. The first-order valence-corrected chi connectivity index (χ1v) is 8.16. The maximum atomic E-state index is 13.3. The summed E-state index contributed by atoms with van der Waals surface area (Å²) in [5.74, 6) is 0. The highest BCUT2D eigenvalue weighted by atomic mass is 32.2. The van der Waals surface area contributed by atoms with Crippen molar-refractivity contribution in [2.24, 2.45) is 0 Å². The average Bonchev–Trinajstić information content (AvgIpc) is 2.95. The van der Waals surface area contributed by atoms with Gasteiger partial charge in [-0.1, -0.05) is 36.4 Å². The van der Waals surface area contributed by atoms with E-state index in [4.69, 9.17) is 0 Å². The minimum absolute atomic E-state index is 0.371. The Hall–Kier alpha value is -2.47. The summed E-state index contributed by atoms with van der Waals surface area (Å²) in [6, 6.07) is 19.6. The van der Waals surface area contributed by atoms with Crippen LogP contribution in [0.15, 0.2) is 67.0 Å². The van der Waals surface area contributed by atoms with E-state index in [1.54, 1.807) is 6.92 Å². The highest BCUT2D eigenvalue weighted by molar-refractivity contribution is 7.78. The summed E-state index contributed by atoms with van der Waals surface area (Å²) < 4.78 is 25.7. The molecule has 0 N–H and O–H groups in total. The highest BCUT2D eigenvalue weighted by Crippen LogP contribution is 2.28. The molecule has 0 amide bonds. The smallest absolute Gasteiger partial charge is 0.309 e. The molecule has 0 aliphatic carbocycles. The Balaban J connectivity index is 2.04. The van der Waals surface area contributed by atoms with Crippen LogP contribution in [-0.4, -0.2) is 13.2 Å². The van der Waals surface area contributed by atoms with Gasteiger partial charge < -0.3 is 4.90 Å². The number of halogens is 1. The van der Waals surface area contributed by atoms with Crippen LogP contribution < -0.4 is 4.90 Å². The molecule has 0 radical (unpaired) electrons. The van der Waals surface area contributed by atoms with Crippen LogP contribution in [0.2, 0.25) is 0 Å². The molecule has 0 aliphatic rings. The Morgan fingerprint density at radius 3 is 2.04 bits per heavy atom. The van der Waals surface area contributed by atoms with E-state index >= 15 is 0 Å². The van der Waals surface area contributed by atoms with Gasteiger partial charge in [0.05, 0.1) is 17.9 Å². The lowest BCUT2D eigenvalue weighted by molar-refractivity contribution is 0.637. The van der Waals surface area contributed by atoms with Crippen molar-refractivity contribution < 1.29 is 8.09 Å². The number of imidazole rings is 1. The van der Waals surface area contributed by atoms with E-state index in [1.165, 1.54) is 6.33 Å². The van der Waals surface area contributed by atoms with Crippen LogP contribution in [0.25, 0.3) is 0 Å². The van der Waals surface area contributed by atoms with Crippen LogP contribution in [0.1, 0.15) is 11.4 Å². The van der Waals surface area contributed by atoms with Crippen molar-refractivity contribution >= 4 is 22.7 Å². The molecule has 1 unspecified atom stereocenters. The molecule has 3 rings (SSSR count). The van der Waals surface area contributed by atoms with Gasteiger partial charge in [-0.25, -0.2) is 8.96 Å². The molecule has 0 saturated heterocycles. The molecule has 23 heavy (non-hydrogen) atoms. The topological polar surface area (TPSA) is 38.1 Å². The molecule has 0 spiro atoms. The first-order chi connectivity index (χ1) is 11.2. The highest BCUT2D eigenvalue weighted by Gasteiger charge is 2.17. The van der Waals surface area contributed by atoms with Crippen LogP contribution >= 0.6 is 0 Å². The van der Waals surface area contributed by atoms with Crippen LogP contribution in [0.3, 0.4) is 0 Å². The summed E-state index contributed by atoms with van der Waals surface area (Å²) in [5.41, 5.74) is 3.18. The summed E-state index contributed by atoms with van der Waals surface area (Å²) in [6.45, 7) is 2.16. The SMILES string of the molecule is Cc1ncn(S(=O)F)c1CN(c1ccccc1)c1ccccc1. The number of benzene rings is 2. The number of anilines is 2. The number of aromatic nitrogens is 2. The van der Waals surface area contributed by atoms with Crippen molar-refractivity contribution in [3.63, 3.8) is 0 Å². The largest absolute Gasteiger partial charge is 0.335 e. The van der Waals surface area contributed by atoms with Gasteiger partial charge in [0.25, 0.3) is 0 Å². The van der Waals surface area contributed by atoms with Crippen molar-refractivity contribution in [2.45, 2.75) is 13.5 Å². The monoisotopic (exact) mass is 329 g/mol. The van der Waals surface area contributed by atoms with E-state index in [1.807, 2.05) is 65.6 Å². The van der Waals surface area contributed by atoms with Gasteiger partial charge in [0.1, 0.15) is 6.33 Å². The Bertz CT molecular complexity index is 766. The van der Waals surface area contributed by atoms with E-state index in [9.17, 15) is 8.09 Å². The predicted molar refractivity (Wildman–Crippen MR) is 90.3 cm³/mol. The van der Waals surface area contributed by atoms with Gasteiger partial charge >= 0.3 is 11.4 Å². The number of hydrogen-bond acceptors (Lipinski definition) is 3. The third-order valence-electron chi connectivity index (χ3n) is 3.64. The van der Waals surface area contributed by atoms with Gasteiger partial charge in [-0.2, -0.15) is 4.21 Å². The molecule has 1 heterocycles. The molecular formula is C17H16FN3OS. The van der Waals surface area contributed by atoms with Gasteiger partial charge in [-0.15, -0.1) is 3.89 Å². The first kappa shape index (κ1) is 15.4. The van der Waals surface area contributed by atoms with Crippen molar-refractivity contribution in [1.82, 2.24) is 8.96 Å². The van der Waals surface area contributed by atoms with Gasteiger partial charge in [0, 0.05) is 11.4 Å². The van der Waals surface area contributed by atoms with E-state index in [0.29, 0.717) is 17.9 Å². The van der Waals surface area contributed by atoms with Gasteiger partial charge in [0.15, 0.2) is 0 Å². The Kier molecular flexibility index (Phi) is 4.52. The molecule has 118 valence electrons. The van der Waals surface area contributed by atoms with E-state index < -0.39 is 11.4 Å². The molecule has 0 bridgehead atoms. The number of hydrogen-bond donors (Lipinski definition) is 0. The second kappa shape index (κ2) is 6.75. The fraction of sp³-hybridized carbons (Fsp3) is 0.118. The third kappa shape index (κ3) is 3.32. The maximum absolute atomic E-state index is 13.3. The normalized spacial score (nSPS) is 12.1. The average molecular weight is 329 g/mol. The van der Waals surface area contributed by atoms with Crippen LogP contribution in [-0.2, 0) is 17.9 Å². The zero-order valence-electron chi connectivity index (χ0n) is 12.6. The van der Waals surface area contributed by atoms with Crippen molar-refractivity contribution in [3.8, 4) is 0 Å². The summed E-state index contributed by atoms with van der Waals surface area (Å²) in [7, 11) is 0. The zero-order valence-corrected chi connectivity index (χ0v) is 13.4. The Labute approximate surface area is 137 Å². The number of rotatable bonds is 5. The second-order valence-corrected chi connectivity index (χ2v) is 5.87. The van der Waals surface area contributed by atoms with Crippen molar-refractivity contribution in [2.75, 3.05) is 4.90 Å². The van der Waals surface area contributed by atoms with Crippen molar-refractivity contribution in [3.05, 3.63) is 78.4 Å². The second-order valence-electron chi connectivity index (χ2n) is 5.07. The number of nitrogens with zero attached hydrogens (tertiary/aromatic N) is 3. The lowest BCUT2D eigenvalue weighted by atomic mass is 10.2. The Morgan fingerprint density at radius 1 is 1.04 bits per heavy atom. The lowest BCUT2D eigenvalue weighted by Gasteiger charge is -2.25. The zero-order chi connectivity index (χ0) is 16.2. The lowest BCUT2D eigenvalue weighted by Crippen LogP contribution is -2.19. The maximum Gasteiger partial charge on any atom is 0.309 e. The molecule has 0 saturated carbocycles. The van der Waals surface area contributed by atoms with Crippen LogP contribution in [0.5, 0.6) is 0 Å². The fourth-order valence-corrected chi connectivity index (χ4v) is 2.93. The van der Waals surface area contributed by atoms with Crippen LogP contribution in [0.4, 0.5) is 15.3 Å². The summed E-state index contributed by atoms with van der Waals surface area (Å²) >= 11 is -2.62. The molecule has 4 nitrogen and oxygen atoms in total.